The standard InChI is InChI=1S/C29H39ClF2N6O4/c1-5-40-16-29-9-7-19(38(29)26(39)42-27(2,3)4)14-36(15-29)24-20-12-33-23(30)21(32)22(20)34-25(35-24)41-17-28-8-6-10-37(28)13-18(31)11-28/h12,18-19H,5-11,13-17H2,1-4H3/t18-,19?,28+,29?/m1/s1. The van der Waals surface area contributed by atoms with Crippen molar-refractivity contribution < 1.29 is 27.8 Å². The Balaban J connectivity index is 1.35. The van der Waals surface area contributed by atoms with Crippen molar-refractivity contribution in [3.63, 3.8) is 0 Å². The molecule has 4 aliphatic heterocycles. The first-order valence-electron chi connectivity index (χ1n) is 14.8. The molecule has 0 spiro atoms. The number of carbonyl (C=O) groups is 1. The van der Waals surface area contributed by atoms with Crippen LogP contribution in [0.4, 0.5) is 19.4 Å². The fourth-order valence-corrected chi connectivity index (χ4v) is 7.46. The van der Waals surface area contributed by atoms with Crippen LogP contribution >= 0.6 is 11.6 Å². The molecule has 10 nitrogen and oxygen atoms in total. The van der Waals surface area contributed by atoms with Gasteiger partial charge in [-0.15, -0.1) is 0 Å². The first kappa shape index (κ1) is 29.5. The van der Waals surface area contributed by atoms with Gasteiger partial charge in [-0.25, -0.2) is 18.6 Å². The van der Waals surface area contributed by atoms with Crippen LogP contribution in [0.5, 0.6) is 6.01 Å². The number of nitrogens with zero attached hydrogens (tertiary/aromatic N) is 6. The van der Waals surface area contributed by atoms with Crippen LogP contribution in [0, 0.1) is 5.82 Å². The van der Waals surface area contributed by atoms with Gasteiger partial charge in [0.05, 0.1) is 29.1 Å². The quantitative estimate of drug-likeness (QED) is 0.412. The number of aromatic nitrogens is 3. The summed E-state index contributed by atoms with van der Waals surface area (Å²) in [6.45, 7) is 10.6. The van der Waals surface area contributed by atoms with Crippen molar-refractivity contribution >= 4 is 34.4 Å². The molecule has 2 aromatic rings. The number of rotatable bonds is 7. The largest absolute Gasteiger partial charge is 0.461 e. The normalized spacial score (nSPS) is 29.4. The number of hydrogen-bond acceptors (Lipinski definition) is 9. The van der Waals surface area contributed by atoms with Gasteiger partial charge >= 0.3 is 12.1 Å². The summed E-state index contributed by atoms with van der Waals surface area (Å²) in [6.07, 6.45) is 3.88. The van der Waals surface area contributed by atoms with Gasteiger partial charge in [-0.1, -0.05) is 11.6 Å². The van der Waals surface area contributed by atoms with Crippen molar-refractivity contribution in [3.05, 3.63) is 17.2 Å². The molecule has 42 heavy (non-hydrogen) atoms. The minimum atomic E-state index is -0.900. The lowest BCUT2D eigenvalue weighted by molar-refractivity contribution is -0.0319. The highest BCUT2D eigenvalue weighted by atomic mass is 35.5. The lowest BCUT2D eigenvalue weighted by Gasteiger charge is -2.49. The molecule has 230 valence electrons. The van der Waals surface area contributed by atoms with Crippen LogP contribution in [0.25, 0.3) is 10.9 Å². The molecule has 4 atom stereocenters. The molecule has 4 aliphatic rings. The van der Waals surface area contributed by atoms with Gasteiger partial charge < -0.3 is 19.1 Å². The Labute approximate surface area is 249 Å². The predicted octanol–water partition coefficient (Wildman–Crippen LogP) is 4.77. The summed E-state index contributed by atoms with van der Waals surface area (Å²) >= 11 is 6.07. The molecule has 2 aromatic heterocycles. The van der Waals surface area contributed by atoms with Crippen LogP contribution in [0.2, 0.25) is 5.15 Å². The van der Waals surface area contributed by atoms with E-state index in [2.05, 4.69) is 14.9 Å². The van der Waals surface area contributed by atoms with Crippen molar-refractivity contribution in [3.8, 4) is 6.01 Å². The second-order valence-electron chi connectivity index (χ2n) is 13.1. The smallest absolute Gasteiger partial charge is 0.411 e. The van der Waals surface area contributed by atoms with E-state index >= 15 is 4.39 Å². The Bertz CT molecular complexity index is 1360. The highest BCUT2D eigenvalue weighted by Gasteiger charge is 2.55. The Morgan fingerprint density at radius 2 is 2.00 bits per heavy atom. The van der Waals surface area contributed by atoms with Crippen LogP contribution in [-0.4, -0.2) is 106 Å². The molecule has 4 fully saturated rings. The van der Waals surface area contributed by atoms with E-state index < -0.39 is 28.7 Å². The fourth-order valence-electron chi connectivity index (χ4n) is 7.32. The molecular formula is C29H39ClF2N6O4. The van der Waals surface area contributed by atoms with Crippen molar-refractivity contribution in [2.45, 2.75) is 88.7 Å². The van der Waals surface area contributed by atoms with Gasteiger partial charge in [-0.3, -0.25) is 9.80 Å². The Morgan fingerprint density at radius 1 is 1.19 bits per heavy atom. The minimum absolute atomic E-state index is 0.00276. The Morgan fingerprint density at radius 3 is 2.76 bits per heavy atom. The lowest BCUT2D eigenvalue weighted by Crippen LogP contribution is -2.66. The number of fused-ring (bicyclic) bond motifs is 4. The summed E-state index contributed by atoms with van der Waals surface area (Å²) in [5.41, 5.74) is -1.72. The summed E-state index contributed by atoms with van der Waals surface area (Å²) < 4.78 is 47.6. The Kier molecular flexibility index (Phi) is 7.62. The highest BCUT2D eigenvalue weighted by Crippen LogP contribution is 2.44. The van der Waals surface area contributed by atoms with Crippen molar-refractivity contribution in [2.75, 3.05) is 50.9 Å². The minimum Gasteiger partial charge on any atom is -0.461 e. The third-order valence-electron chi connectivity index (χ3n) is 9.03. The van der Waals surface area contributed by atoms with Gasteiger partial charge in [0, 0.05) is 38.9 Å². The number of ether oxygens (including phenoxy) is 3. The molecule has 0 N–H and O–H groups in total. The van der Waals surface area contributed by atoms with Gasteiger partial charge in [0.1, 0.15) is 29.7 Å². The molecule has 0 saturated carbocycles. The molecule has 0 aliphatic carbocycles. The van der Waals surface area contributed by atoms with Gasteiger partial charge in [-0.05, 0) is 59.9 Å². The third kappa shape index (κ3) is 5.23. The molecule has 0 radical (unpaired) electrons. The monoisotopic (exact) mass is 608 g/mol. The summed E-state index contributed by atoms with van der Waals surface area (Å²) in [4.78, 5) is 32.7. The summed E-state index contributed by atoms with van der Waals surface area (Å²) in [5.74, 6) is -0.308. The van der Waals surface area contributed by atoms with E-state index in [1.54, 1.807) is 0 Å². The van der Waals surface area contributed by atoms with E-state index in [9.17, 15) is 9.18 Å². The Hall–Kier alpha value is -2.57. The fraction of sp³-hybridized carbons (Fsp3) is 0.724. The van der Waals surface area contributed by atoms with E-state index in [1.165, 1.54) is 6.20 Å². The molecule has 1 amide bonds. The number of hydrogen-bond donors (Lipinski definition) is 0. The number of amides is 1. The predicted molar refractivity (Wildman–Crippen MR) is 153 cm³/mol. The molecule has 4 saturated heterocycles. The second kappa shape index (κ2) is 10.9. The number of anilines is 1. The zero-order chi connectivity index (χ0) is 29.9. The number of alkyl halides is 1. The number of piperazine rings is 1. The van der Waals surface area contributed by atoms with E-state index in [1.807, 2.05) is 37.5 Å². The molecule has 2 bridgehead atoms. The van der Waals surface area contributed by atoms with Gasteiger partial charge in [-0.2, -0.15) is 9.97 Å². The summed E-state index contributed by atoms with van der Waals surface area (Å²) in [5, 5.41) is 0.101. The average Bonchev–Trinajstić information content (AvgIpc) is 3.53. The first-order valence-corrected chi connectivity index (χ1v) is 15.2. The molecule has 0 aromatic carbocycles. The van der Waals surface area contributed by atoms with Gasteiger partial charge in [0.15, 0.2) is 11.0 Å². The second-order valence-corrected chi connectivity index (χ2v) is 13.5. The first-order chi connectivity index (χ1) is 19.9. The maximum Gasteiger partial charge on any atom is 0.411 e. The van der Waals surface area contributed by atoms with E-state index in [0.717, 1.165) is 32.2 Å². The van der Waals surface area contributed by atoms with Crippen LogP contribution in [0.1, 0.15) is 59.8 Å². The van der Waals surface area contributed by atoms with E-state index in [0.29, 0.717) is 50.5 Å². The van der Waals surface area contributed by atoms with Crippen LogP contribution < -0.4 is 9.64 Å². The van der Waals surface area contributed by atoms with Crippen molar-refractivity contribution in [1.82, 2.24) is 24.8 Å². The SMILES string of the molecule is CCOCC12CCC(CN(c3nc(OC[C@@]45CCCN4C[C@H](F)C5)nc4c(F)c(Cl)ncc34)C1)N2C(=O)OC(C)(C)C. The van der Waals surface area contributed by atoms with Crippen LogP contribution in [0.15, 0.2) is 6.20 Å². The molecule has 6 heterocycles. The van der Waals surface area contributed by atoms with E-state index in [-0.39, 0.29) is 35.4 Å². The summed E-state index contributed by atoms with van der Waals surface area (Å²) in [7, 11) is 0. The molecule has 6 rings (SSSR count). The van der Waals surface area contributed by atoms with Crippen LogP contribution in [-0.2, 0) is 9.47 Å². The lowest BCUT2D eigenvalue weighted by atomic mass is 9.95. The topological polar surface area (TPSA) is 93.2 Å². The highest BCUT2D eigenvalue weighted by molar-refractivity contribution is 6.30. The maximum absolute atomic E-state index is 15.4. The number of pyridine rings is 1. The number of halogens is 3. The van der Waals surface area contributed by atoms with Gasteiger partial charge in [0.2, 0.25) is 0 Å². The van der Waals surface area contributed by atoms with Crippen LogP contribution in [0.3, 0.4) is 0 Å². The number of carbonyl (C=O) groups excluding carboxylic acids is 1. The third-order valence-corrected chi connectivity index (χ3v) is 9.30. The van der Waals surface area contributed by atoms with E-state index in [4.69, 9.17) is 30.8 Å². The average molecular weight is 609 g/mol. The van der Waals surface area contributed by atoms with Crippen molar-refractivity contribution in [2.24, 2.45) is 0 Å². The molecule has 2 unspecified atom stereocenters. The zero-order valence-corrected chi connectivity index (χ0v) is 25.4. The summed E-state index contributed by atoms with van der Waals surface area (Å²) in [6, 6.07) is -0.164. The maximum atomic E-state index is 15.4. The molecule has 13 heteroatoms. The zero-order valence-electron chi connectivity index (χ0n) is 24.7. The van der Waals surface area contributed by atoms with Crippen molar-refractivity contribution in [1.29, 1.82) is 0 Å². The van der Waals surface area contributed by atoms with Gasteiger partial charge in [0.25, 0.3) is 0 Å². The molecular weight excluding hydrogens is 570 g/mol.